The molecule has 2 aromatic carbocycles. The first-order chi connectivity index (χ1) is 10.6. The van der Waals surface area contributed by atoms with E-state index >= 15 is 0 Å². The zero-order valence-corrected chi connectivity index (χ0v) is 12.0. The minimum Gasteiger partial charge on any atom is -0.409 e. The van der Waals surface area contributed by atoms with Crippen molar-refractivity contribution in [3.8, 4) is 11.5 Å². The first-order valence-corrected chi connectivity index (χ1v) is 6.76. The van der Waals surface area contributed by atoms with Crippen LogP contribution >= 0.6 is 12.2 Å². The summed E-state index contributed by atoms with van der Waals surface area (Å²) < 4.78 is 19.2. The number of aromatic amines is 1. The predicted molar refractivity (Wildman–Crippen MR) is 81.5 cm³/mol. The smallest absolute Gasteiger partial charge is 0.284 e. The van der Waals surface area contributed by atoms with Crippen LogP contribution in [-0.2, 0) is 0 Å². The van der Waals surface area contributed by atoms with Gasteiger partial charge in [0.15, 0.2) is 0 Å². The molecular formula is C15H10FN3O2S. The van der Waals surface area contributed by atoms with Crippen LogP contribution in [0, 0.1) is 10.7 Å². The Morgan fingerprint density at radius 3 is 2.64 bits per heavy atom. The second-order valence-corrected chi connectivity index (χ2v) is 4.80. The quantitative estimate of drug-likeness (QED) is 0.721. The second kappa shape index (κ2) is 5.90. The third-order valence-corrected chi connectivity index (χ3v) is 3.11. The Morgan fingerprint density at radius 2 is 2.00 bits per heavy atom. The fraction of sp³-hybridized carbons (Fsp3) is 0. The van der Waals surface area contributed by atoms with E-state index < -0.39 is 5.82 Å². The van der Waals surface area contributed by atoms with Gasteiger partial charge in [0, 0.05) is 11.3 Å². The Balaban J connectivity index is 1.83. The second-order valence-electron chi connectivity index (χ2n) is 4.43. The average Bonchev–Trinajstić information content (AvgIpc) is 2.94. The highest BCUT2D eigenvalue weighted by Crippen LogP contribution is 2.24. The fourth-order valence-electron chi connectivity index (χ4n) is 1.90. The van der Waals surface area contributed by atoms with E-state index in [2.05, 4.69) is 15.5 Å². The van der Waals surface area contributed by atoms with Gasteiger partial charge in [-0.25, -0.2) is 9.49 Å². The summed E-state index contributed by atoms with van der Waals surface area (Å²) in [6.45, 7) is 0. The Labute approximate surface area is 129 Å². The van der Waals surface area contributed by atoms with E-state index in [0.717, 1.165) is 0 Å². The first-order valence-electron chi connectivity index (χ1n) is 6.35. The van der Waals surface area contributed by atoms with Gasteiger partial charge in [0.05, 0.1) is 5.56 Å². The lowest BCUT2D eigenvalue weighted by Crippen LogP contribution is -2.11. The SMILES string of the molecule is O=C(Nc1ccc(-c2n[nH]c(=S)o2)c(F)c1)c1ccccc1. The van der Waals surface area contributed by atoms with E-state index in [9.17, 15) is 9.18 Å². The van der Waals surface area contributed by atoms with Crippen LogP contribution in [0.3, 0.4) is 0 Å². The molecule has 0 aliphatic carbocycles. The van der Waals surface area contributed by atoms with Gasteiger partial charge in [-0.1, -0.05) is 18.2 Å². The number of benzene rings is 2. The van der Waals surface area contributed by atoms with E-state index in [1.54, 1.807) is 30.3 Å². The van der Waals surface area contributed by atoms with Crippen LogP contribution in [-0.4, -0.2) is 16.1 Å². The molecule has 0 radical (unpaired) electrons. The maximum Gasteiger partial charge on any atom is 0.284 e. The van der Waals surface area contributed by atoms with Crippen LogP contribution in [0.15, 0.2) is 52.9 Å². The summed E-state index contributed by atoms with van der Waals surface area (Å²) in [5.41, 5.74) is 0.985. The molecule has 1 amide bonds. The summed E-state index contributed by atoms with van der Waals surface area (Å²) in [6.07, 6.45) is 0. The standard InChI is InChI=1S/C15H10FN3O2S/c16-12-8-10(17-13(20)9-4-2-1-3-5-9)6-7-11(12)14-18-19-15(22)21-14/h1-8H,(H,17,20)(H,19,22). The predicted octanol–water partition coefficient (Wildman–Crippen LogP) is 3.79. The lowest BCUT2D eigenvalue weighted by Gasteiger charge is -2.06. The molecule has 0 unspecified atom stereocenters. The van der Waals surface area contributed by atoms with Gasteiger partial charge in [0.1, 0.15) is 5.82 Å². The van der Waals surface area contributed by atoms with Gasteiger partial charge >= 0.3 is 0 Å². The van der Waals surface area contributed by atoms with Crippen LogP contribution in [0.25, 0.3) is 11.5 Å². The summed E-state index contributed by atoms with van der Waals surface area (Å²) in [4.78, 5) is 12.1. The number of hydrogen-bond acceptors (Lipinski definition) is 4. The number of nitrogens with zero attached hydrogens (tertiary/aromatic N) is 1. The summed E-state index contributed by atoms with van der Waals surface area (Å²) in [5, 5.41) is 8.81. The van der Waals surface area contributed by atoms with E-state index in [1.165, 1.54) is 12.1 Å². The minimum absolute atomic E-state index is 0.0587. The van der Waals surface area contributed by atoms with Gasteiger partial charge in [0.2, 0.25) is 5.89 Å². The number of aromatic nitrogens is 2. The van der Waals surface area contributed by atoms with Gasteiger partial charge < -0.3 is 9.73 Å². The van der Waals surface area contributed by atoms with Crippen molar-refractivity contribution in [3.05, 3.63) is 64.7 Å². The van der Waals surface area contributed by atoms with Gasteiger partial charge in [0.25, 0.3) is 10.7 Å². The molecule has 0 saturated carbocycles. The number of anilines is 1. The van der Waals surface area contributed by atoms with E-state index in [4.69, 9.17) is 16.6 Å². The highest BCUT2D eigenvalue weighted by Gasteiger charge is 2.12. The van der Waals surface area contributed by atoms with Crippen LogP contribution in [0.5, 0.6) is 0 Å². The normalized spacial score (nSPS) is 10.4. The lowest BCUT2D eigenvalue weighted by atomic mass is 10.1. The van der Waals surface area contributed by atoms with Crippen molar-refractivity contribution in [2.45, 2.75) is 0 Å². The molecule has 0 bridgehead atoms. The Hall–Kier alpha value is -2.80. The van der Waals surface area contributed by atoms with Gasteiger partial charge in [-0.3, -0.25) is 4.79 Å². The number of nitrogens with one attached hydrogen (secondary N) is 2. The third kappa shape index (κ3) is 2.94. The molecule has 110 valence electrons. The van der Waals surface area contributed by atoms with Crippen molar-refractivity contribution in [3.63, 3.8) is 0 Å². The minimum atomic E-state index is -0.573. The van der Waals surface area contributed by atoms with Crippen LogP contribution in [0.2, 0.25) is 0 Å². The monoisotopic (exact) mass is 315 g/mol. The highest BCUT2D eigenvalue weighted by atomic mass is 32.1. The highest BCUT2D eigenvalue weighted by molar-refractivity contribution is 7.71. The average molecular weight is 315 g/mol. The Kier molecular flexibility index (Phi) is 3.80. The van der Waals surface area contributed by atoms with E-state index in [1.807, 2.05) is 6.07 Å². The van der Waals surface area contributed by atoms with Gasteiger partial charge in [-0.2, -0.15) is 0 Å². The number of carbonyl (C=O) groups excluding carboxylic acids is 1. The molecular weight excluding hydrogens is 305 g/mol. The van der Waals surface area contributed by atoms with Crippen molar-refractivity contribution >= 4 is 23.8 Å². The molecule has 22 heavy (non-hydrogen) atoms. The number of hydrogen-bond donors (Lipinski definition) is 2. The molecule has 1 aromatic heterocycles. The lowest BCUT2D eigenvalue weighted by molar-refractivity contribution is 0.102. The van der Waals surface area contributed by atoms with Gasteiger partial charge in [-0.05, 0) is 42.5 Å². The van der Waals surface area contributed by atoms with Crippen molar-refractivity contribution in [1.29, 1.82) is 0 Å². The van der Waals surface area contributed by atoms with Crippen molar-refractivity contribution in [2.75, 3.05) is 5.32 Å². The van der Waals surface area contributed by atoms with E-state index in [-0.39, 0.29) is 22.2 Å². The first kappa shape index (κ1) is 14.2. The molecule has 1 heterocycles. The molecule has 0 aliphatic heterocycles. The maximum atomic E-state index is 14.1. The third-order valence-electron chi connectivity index (χ3n) is 2.93. The number of halogens is 1. The zero-order chi connectivity index (χ0) is 15.5. The number of amides is 1. The Morgan fingerprint density at radius 1 is 1.23 bits per heavy atom. The Bertz CT molecular complexity index is 874. The molecule has 3 rings (SSSR count). The van der Waals surface area contributed by atoms with Crippen molar-refractivity contribution in [1.82, 2.24) is 10.2 Å². The maximum absolute atomic E-state index is 14.1. The topological polar surface area (TPSA) is 70.9 Å². The van der Waals surface area contributed by atoms with Crippen LogP contribution in [0.4, 0.5) is 10.1 Å². The number of H-pyrrole nitrogens is 1. The molecule has 0 spiro atoms. The molecule has 0 fully saturated rings. The summed E-state index contributed by atoms with van der Waals surface area (Å²) in [5.74, 6) is -0.829. The summed E-state index contributed by atoms with van der Waals surface area (Å²) >= 11 is 4.75. The van der Waals surface area contributed by atoms with Crippen LogP contribution < -0.4 is 5.32 Å². The molecule has 0 saturated heterocycles. The summed E-state index contributed by atoms with van der Waals surface area (Å²) in [6, 6.07) is 12.9. The zero-order valence-electron chi connectivity index (χ0n) is 11.2. The number of rotatable bonds is 3. The number of carbonyl (C=O) groups is 1. The fourth-order valence-corrected chi connectivity index (χ4v) is 2.03. The van der Waals surface area contributed by atoms with Crippen molar-refractivity contribution in [2.24, 2.45) is 0 Å². The van der Waals surface area contributed by atoms with Crippen LogP contribution in [0.1, 0.15) is 10.4 Å². The molecule has 2 N–H and O–H groups in total. The molecule has 0 atom stereocenters. The van der Waals surface area contributed by atoms with Gasteiger partial charge in [-0.15, -0.1) is 5.10 Å². The molecule has 5 nitrogen and oxygen atoms in total. The summed E-state index contributed by atoms with van der Waals surface area (Å²) in [7, 11) is 0. The molecule has 7 heteroatoms. The van der Waals surface area contributed by atoms with Crippen molar-refractivity contribution < 1.29 is 13.6 Å². The molecule has 0 aliphatic rings. The van der Waals surface area contributed by atoms with E-state index in [0.29, 0.717) is 11.3 Å². The largest absolute Gasteiger partial charge is 0.409 e. The molecule has 3 aromatic rings.